The largest absolute Gasteiger partial charge is 0.356 e. The van der Waals surface area contributed by atoms with Crippen molar-refractivity contribution in [3.8, 4) is 0 Å². The Morgan fingerprint density at radius 1 is 1.27 bits per heavy atom. The number of nitro benzene ring substituents is 1. The van der Waals surface area contributed by atoms with Crippen molar-refractivity contribution < 1.29 is 9.85 Å². The standard InChI is InChI=1S/C8H7N3O4/c12-10(13)5-4-9-7-2-1-3-8(6-7)11(14)15/h1-6,9H. The lowest BCUT2D eigenvalue weighted by Gasteiger charge is -1.98. The first-order valence-corrected chi connectivity index (χ1v) is 3.91. The molecule has 0 unspecified atom stereocenters. The molecular weight excluding hydrogens is 202 g/mol. The summed E-state index contributed by atoms with van der Waals surface area (Å²) < 4.78 is 0. The Kier molecular flexibility index (Phi) is 3.33. The van der Waals surface area contributed by atoms with E-state index in [0.717, 1.165) is 6.20 Å². The number of rotatable bonds is 4. The molecule has 7 nitrogen and oxygen atoms in total. The van der Waals surface area contributed by atoms with Gasteiger partial charge < -0.3 is 5.32 Å². The number of hydrogen-bond donors (Lipinski definition) is 1. The fourth-order valence-electron chi connectivity index (χ4n) is 0.904. The monoisotopic (exact) mass is 209 g/mol. The Morgan fingerprint density at radius 3 is 2.60 bits per heavy atom. The molecule has 15 heavy (non-hydrogen) atoms. The van der Waals surface area contributed by atoms with Crippen LogP contribution in [-0.2, 0) is 0 Å². The van der Waals surface area contributed by atoms with Gasteiger partial charge in [-0.05, 0) is 6.07 Å². The predicted molar refractivity (Wildman–Crippen MR) is 52.9 cm³/mol. The van der Waals surface area contributed by atoms with Gasteiger partial charge in [0.1, 0.15) is 0 Å². The maximum absolute atomic E-state index is 10.4. The first-order valence-electron chi connectivity index (χ1n) is 3.91. The summed E-state index contributed by atoms with van der Waals surface area (Å²) in [6.45, 7) is 0. The molecule has 0 heterocycles. The summed E-state index contributed by atoms with van der Waals surface area (Å²) in [5.74, 6) is 0. The molecule has 1 rings (SSSR count). The lowest BCUT2D eigenvalue weighted by Crippen LogP contribution is -1.93. The highest BCUT2D eigenvalue weighted by atomic mass is 16.6. The van der Waals surface area contributed by atoms with Crippen molar-refractivity contribution in [2.45, 2.75) is 0 Å². The van der Waals surface area contributed by atoms with Crippen molar-refractivity contribution in [3.63, 3.8) is 0 Å². The number of anilines is 1. The Hall–Kier alpha value is -2.44. The zero-order chi connectivity index (χ0) is 11.3. The summed E-state index contributed by atoms with van der Waals surface area (Å²) in [5.41, 5.74) is 0.344. The summed E-state index contributed by atoms with van der Waals surface area (Å²) in [4.78, 5) is 19.1. The fourth-order valence-corrected chi connectivity index (χ4v) is 0.904. The highest BCUT2D eigenvalue weighted by Crippen LogP contribution is 2.16. The molecular formula is C8H7N3O4. The SMILES string of the molecule is O=[N+]([O-])C=CNc1cccc([N+](=O)[O-])c1. The number of hydrogen-bond acceptors (Lipinski definition) is 5. The van der Waals surface area contributed by atoms with Crippen molar-refractivity contribution in [3.05, 3.63) is 56.9 Å². The van der Waals surface area contributed by atoms with Crippen LogP contribution in [0.4, 0.5) is 11.4 Å². The molecule has 0 atom stereocenters. The van der Waals surface area contributed by atoms with Crippen LogP contribution in [0.1, 0.15) is 0 Å². The molecule has 0 spiro atoms. The number of benzene rings is 1. The summed E-state index contributed by atoms with van der Waals surface area (Å²) >= 11 is 0. The number of nitro groups is 2. The van der Waals surface area contributed by atoms with Gasteiger partial charge in [-0.25, -0.2) is 0 Å². The van der Waals surface area contributed by atoms with Gasteiger partial charge in [-0.3, -0.25) is 20.2 Å². The maximum atomic E-state index is 10.4. The van der Waals surface area contributed by atoms with Gasteiger partial charge >= 0.3 is 0 Å². The molecule has 0 aliphatic carbocycles. The van der Waals surface area contributed by atoms with Crippen LogP contribution in [0.2, 0.25) is 0 Å². The summed E-state index contributed by atoms with van der Waals surface area (Å²) in [5, 5.41) is 22.9. The average Bonchev–Trinajstić information content (AvgIpc) is 2.17. The second-order valence-electron chi connectivity index (χ2n) is 2.55. The van der Waals surface area contributed by atoms with E-state index in [9.17, 15) is 20.2 Å². The van der Waals surface area contributed by atoms with Gasteiger partial charge in [0.15, 0.2) is 0 Å². The Morgan fingerprint density at radius 2 is 2.00 bits per heavy atom. The molecule has 1 aromatic carbocycles. The molecule has 0 fully saturated rings. The summed E-state index contributed by atoms with van der Waals surface area (Å²) in [7, 11) is 0. The van der Waals surface area contributed by atoms with Gasteiger partial charge in [-0.2, -0.15) is 0 Å². The first kappa shape index (κ1) is 10.6. The van der Waals surface area contributed by atoms with Crippen LogP contribution in [0.5, 0.6) is 0 Å². The summed E-state index contributed by atoms with van der Waals surface area (Å²) in [6, 6.07) is 5.67. The molecule has 0 aliphatic rings. The number of nitrogens with one attached hydrogen (secondary N) is 1. The van der Waals surface area contributed by atoms with Crippen molar-refractivity contribution in [1.29, 1.82) is 0 Å². The molecule has 0 radical (unpaired) electrons. The third-order valence-corrected chi connectivity index (χ3v) is 1.50. The molecule has 78 valence electrons. The molecule has 0 aliphatic heterocycles. The zero-order valence-electron chi connectivity index (χ0n) is 7.49. The van der Waals surface area contributed by atoms with E-state index in [1.54, 1.807) is 6.07 Å². The molecule has 7 heteroatoms. The zero-order valence-corrected chi connectivity index (χ0v) is 7.49. The van der Waals surface area contributed by atoms with Gasteiger partial charge in [0.2, 0.25) is 6.20 Å². The van der Waals surface area contributed by atoms with Crippen molar-refractivity contribution >= 4 is 11.4 Å². The van der Waals surface area contributed by atoms with Crippen molar-refractivity contribution in [1.82, 2.24) is 0 Å². The highest BCUT2D eigenvalue weighted by molar-refractivity contribution is 5.52. The van der Waals surface area contributed by atoms with E-state index < -0.39 is 9.85 Å². The van der Waals surface area contributed by atoms with Gasteiger partial charge in [0.05, 0.1) is 16.0 Å². The molecule has 0 aromatic heterocycles. The van der Waals surface area contributed by atoms with Crippen LogP contribution < -0.4 is 5.32 Å². The second-order valence-corrected chi connectivity index (χ2v) is 2.55. The van der Waals surface area contributed by atoms with Crippen LogP contribution in [0, 0.1) is 20.2 Å². The van der Waals surface area contributed by atoms with Crippen molar-refractivity contribution in [2.24, 2.45) is 0 Å². The lowest BCUT2D eigenvalue weighted by atomic mass is 10.3. The van der Waals surface area contributed by atoms with Crippen LogP contribution >= 0.6 is 0 Å². The minimum absolute atomic E-state index is 0.0745. The van der Waals surface area contributed by atoms with E-state index in [-0.39, 0.29) is 5.69 Å². The number of nitrogens with zero attached hydrogens (tertiary/aromatic N) is 2. The van der Waals surface area contributed by atoms with Gasteiger partial charge in [-0.1, -0.05) is 6.07 Å². The van der Waals surface area contributed by atoms with Crippen LogP contribution in [-0.4, -0.2) is 9.85 Å². The molecule has 0 saturated heterocycles. The Labute approximate surface area is 84.3 Å². The van der Waals surface area contributed by atoms with E-state index in [4.69, 9.17) is 0 Å². The van der Waals surface area contributed by atoms with E-state index in [0.29, 0.717) is 11.9 Å². The molecule has 0 amide bonds. The molecule has 0 bridgehead atoms. The maximum Gasteiger partial charge on any atom is 0.271 e. The smallest absolute Gasteiger partial charge is 0.271 e. The molecule has 0 saturated carbocycles. The topological polar surface area (TPSA) is 98.3 Å². The van der Waals surface area contributed by atoms with Crippen LogP contribution in [0.3, 0.4) is 0 Å². The molecule has 1 N–H and O–H groups in total. The first-order chi connectivity index (χ1) is 7.09. The lowest BCUT2D eigenvalue weighted by molar-refractivity contribution is -0.402. The Bertz CT molecular complexity index is 416. The third kappa shape index (κ3) is 3.43. The van der Waals surface area contributed by atoms with Gasteiger partial charge in [0.25, 0.3) is 5.69 Å². The molecule has 1 aromatic rings. The highest BCUT2D eigenvalue weighted by Gasteiger charge is 2.04. The predicted octanol–water partition coefficient (Wildman–Crippen LogP) is 1.75. The minimum Gasteiger partial charge on any atom is -0.356 e. The van der Waals surface area contributed by atoms with Crippen molar-refractivity contribution in [2.75, 3.05) is 5.32 Å². The van der Waals surface area contributed by atoms with E-state index in [2.05, 4.69) is 5.32 Å². The third-order valence-electron chi connectivity index (χ3n) is 1.50. The van der Waals surface area contributed by atoms with Crippen LogP contribution in [0.25, 0.3) is 0 Å². The summed E-state index contributed by atoms with van der Waals surface area (Å²) in [6.07, 6.45) is 1.80. The van der Waals surface area contributed by atoms with E-state index >= 15 is 0 Å². The quantitative estimate of drug-likeness (QED) is 0.601. The Balaban J connectivity index is 2.74. The normalized spacial score (nSPS) is 10.1. The fraction of sp³-hybridized carbons (Fsp3) is 0. The van der Waals surface area contributed by atoms with Gasteiger partial charge in [0, 0.05) is 17.8 Å². The second kappa shape index (κ2) is 4.70. The van der Waals surface area contributed by atoms with E-state index in [1.165, 1.54) is 18.2 Å². The minimum atomic E-state index is -0.635. The number of non-ortho nitro benzene ring substituents is 1. The van der Waals surface area contributed by atoms with Gasteiger partial charge in [-0.15, -0.1) is 0 Å². The average molecular weight is 209 g/mol. The van der Waals surface area contributed by atoms with E-state index in [1.807, 2.05) is 0 Å². The van der Waals surface area contributed by atoms with Crippen LogP contribution in [0.15, 0.2) is 36.7 Å².